The first kappa shape index (κ1) is 21.2. The minimum atomic E-state index is -1.39. The molecule has 1 unspecified atom stereocenters. The molecule has 0 N–H and O–H groups in total. The maximum atomic E-state index is 12.5. The van der Waals surface area contributed by atoms with E-state index >= 15 is 0 Å². The van der Waals surface area contributed by atoms with Crippen LogP contribution in [0.5, 0.6) is 5.75 Å². The average Bonchev–Trinajstić information content (AvgIpc) is 2.71. The van der Waals surface area contributed by atoms with Gasteiger partial charge in [-0.05, 0) is 25.0 Å². The van der Waals surface area contributed by atoms with Gasteiger partial charge in [0.15, 0.2) is 0 Å². The van der Waals surface area contributed by atoms with Crippen LogP contribution in [-0.4, -0.2) is 5.97 Å². The Labute approximate surface area is 176 Å². The van der Waals surface area contributed by atoms with Gasteiger partial charge in [0.05, 0.1) is 0 Å². The van der Waals surface area contributed by atoms with Crippen LogP contribution in [0.3, 0.4) is 0 Å². The number of esters is 1. The van der Waals surface area contributed by atoms with Crippen LogP contribution in [-0.2, 0) is 17.5 Å². The molecular formula is C25H26CoO3. The summed E-state index contributed by atoms with van der Waals surface area (Å²) in [5, 5.41) is 0. The Morgan fingerprint density at radius 2 is 1.41 bits per heavy atom. The molecule has 0 aromatic heterocycles. The quantitative estimate of drug-likeness (QED) is 0.388. The van der Waals surface area contributed by atoms with E-state index in [-0.39, 0.29) is 5.92 Å². The number of rotatable bonds is 5. The Morgan fingerprint density at radius 1 is 0.828 bits per heavy atom. The first-order chi connectivity index (χ1) is 13.8. The van der Waals surface area contributed by atoms with Gasteiger partial charge in [-0.25, -0.2) is 0 Å². The minimum absolute atomic E-state index is 0.251. The fourth-order valence-electron chi connectivity index (χ4n) is 3.18. The van der Waals surface area contributed by atoms with Gasteiger partial charge in [0, 0.05) is 0 Å². The summed E-state index contributed by atoms with van der Waals surface area (Å²) < 4.78 is 17.8. The Morgan fingerprint density at radius 3 is 1.97 bits per heavy atom. The van der Waals surface area contributed by atoms with Crippen molar-refractivity contribution in [1.29, 1.82) is 0 Å². The molecule has 0 amide bonds. The van der Waals surface area contributed by atoms with Crippen molar-refractivity contribution in [2.24, 2.45) is 0 Å². The van der Waals surface area contributed by atoms with E-state index in [0.29, 0.717) is 11.3 Å². The van der Waals surface area contributed by atoms with Crippen LogP contribution in [0.25, 0.3) is 0 Å². The van der Waals surface area contributed by atoms with E-state index in [4.69, 9.17) is 4.74 Å². The fraction of sp³-hybridized carbons (Fsp3) is 0.240. The molecule has 3 aromatic carbocycles. The molecule has 3 nitrogen and oxygen atoms in total. The Bertz CT molecular complexity index is 1070. The number of carbonyl (C=O) groups excluding carboxylic acids is 1. The average molecular weight is 433 g/mol. The van der Waals surface area contributed by atoms with E-state index in [1.165, 1.54) is 22.3 Å². The molecule has 1 atom stereocenters. The van der Waals surface area contributed by atoms with Crippen molar-refractivity contribution in [2.45, 2.75) is 39.5 Å². The van der Waals surface area contributed by atoms with Crippen LogP contribution in [0.4, 0.5) is 0 Å². The molecule has 153 valence electrons. The molecule has 0 heterocycles. The largest absolute Gasteiger partial charge is 0.0552 e. The first-order valence-corrected chi connectivity index (χ1v) is 11.4. The Hall–Kier alpha value is -2.56. The van der Waals surface area contributed by atoms with Crippen molar-refractivity contribution in [1.82, 2.24) is 0 Å². The van der Waals surface area contributed by atoms with Crippen molar-refractivity contribution in [3.05, 3.63) is 94.0 Å². The van der Waals surface area contributed by atoms with Gasteiger partial charge in [0.25, 0.3) is 0 Å². The number of ether oxygens (including phenoxy) is 1. The maximum absolute atomic E-state index is 12.5. The van der Waals surface area contributed by atoms with Gasteiger partial charge in [-0.1, -0.05) is 18.2 Å². The van der Waals surface area contributed by atoms with E-state index < -0.39 is 19.6 Å². The third-order valence-electron chi connectivity index (χ3n) is 5.27. The third kappa shape index (κ3) is 4.89. The summed E-state index contributed by atoms with van der Waals surface area (Å²) in [6, 6.07) is 19.2. The molecular weight excluding hydrogens is 407 g/mol. The van der Waals surface area contributed by atoms with Gasteiger partial charge in [-0.3, -0.25) is 0 Å². The van der Waals surface area contributed by atoms with Crippen LogP contribution in [0.2, 0.25) is 5.86 Å². The van der Waals surface area contributed by atoms with Crippen LogP contribution < -0.4 is 9.23 Å². The molecule has 4 heteroatoms. The summed E-state index contributed by atoms with van der Waals surface area (Å²) >= 11 is -1.39. The van der Waals surface area contributed by atoms with Crippen LogP contribution in [0, 0.1) is 20.8 Å². The topological polar surface area (TPSA) is 43.4 Å². The van der Waals surface area contributed by atoms with Gasteiger partial charge in [-0.2, -0.15) is 0 Å². The number of hydrogen-bond acceptors (Lipinski definition) is 3. The van der Waals surface area contributed by atoms with Crippen molar-refractivity contribution in [3.8, 4) is 5.75 Å². The SMILES string of the molecule is Cc1ccc(C(C)c2ccc(OC(=O)c3cc[c]([Co]([CH3])=[O])cc3)c(C)c2)cc1C. The Kier molecular flexibility index (Phi) is 6.45. The predicted octanol–water partition coefficient (Wildman–Crippen LogP) is 5.62. The van der Waals surface area contributed by atoms with Gasteiger partial charge in [0.2, 0.25) is 0 Å². The van der Waals surface area contributed by atoms with Crippen LogP contribution >= 0.6 is 0 Å². The second-order valence-corrected chi connectivity index (χ2v) is 9.09. The molecule has 0 bridgehead atoms. The summed E-state index contributed by atoms with van der Waals surface area (Å²) in [7, 11) is 0. The monoisotopic (exact) mass is 433 g/mol. The first-order valence-electron chi connectivity index (χ1n) is 9.45. The van der Waals surface area contributed by atoms with Gasteiger partial charge < -0.3 is 0 Å². The van der Waals surface area contributed by atoms with E-state index in [1.54, 1.807) is 30.1 Å². The van der Waals surface area contributed by atoms with Crippen molar-refractivity contribution in [3.63, 3.8) is 0 Å². The van der Waals surface area contributed by atoms with Crippen molar-refractivity contribution >= 4 is 10.5 Å². The fourth-order valence-corrected chi connectivity index (χ4v) is 3.84. The summed E-state index contributed by atoms with van der Waals surface area (Å²) in [6.07, 6.45) is 0. The molecule has 0 aliphatic heterocycles. The molecule has 0 aliphatic carbocycles. The van der Waals surface area contributed by atoms with Crippen LogP contribution in [0.1, 0.15) is 51.0 Å². The zero-order chi connectivity index (χ0) is 21.1. The number of aryl methyl sites for hydroxylation is 3. The molecule has 29 heavy (non-hydrogen) atoms. The third-order valence-corrected chi connectivity index (χ3v) is 6.46. The molecule has 0 radical (unpaired) electrons. The van der Waals surface area contributed by atoms with Crippen LogP contribution in [0.15, 0.2) is 60.7 Å². The zero-order valence-corrected chi connectivity index (χ0v) is 18.4. The zero-order valence-electron chi connectivity index (χ0n) is 17.4. The second-order valence-electron chi connectivity index (χ2n) is 7.33. The van der Waals surface area contributed by atoms with Gasteiger partial charge >= 0.3 is 134 Å². The number of carbonyl (C=O) groups is 1. The predicted molar refractivity (Wildman–Crippen MR) is 112 cm³/mol. The minimum Gasteiger partial charge on any atom is -0.0552 e. The molecule has 3 rings (SSSR count). The van der Waals surface area contributed by atoms with Crippen molar-refractivity contribution < 1.29 is 27.0 Å². The van der Waals surface area contributed by atoms with Crippen molar-refractivity contribution in [2.75, 3.05) is 0 Å². The van der Waals surface area contributed by atoms with E-state index in [9.17, 15) is 8.66 Å². The molecule has 0 fully saturated rings. The normalized spacial score (nSPS) is 12.4. The second kappa shape index (κ2) is 8.85. The maximum Gasteiger partial charge on any atom is -0.0395 e. The van der Waals surface area contributed by atoms with Gasteiger partial charge in [0.1, 0.15) is 0 Å². The summed E-state index contributed by atoms with van der Waals surface area (Å²) in [4.78, 5) is 12.5. The molecule has 3 aromatic rings. The summed E-state index contributed by atoms with van der Waals surface area (Å²) in [5.41, 5.74) is 6.39. The number of hydrogen-bond donors (Lipinski definition) is 0. The Balaban J connectivity index is 1.77. The molecule has 0 saturated carbocycles. The number of benzene rings is 3. The molecule has 0 spiro atoms. The van der Waals surface area contributed by atoms with E-state index in [0.717, 1.165) is 10.1 Å². The summed E-state index contributed by atoms with van der Waals surface area (Å²) in [5.74, 6) is 2.03. The summed E-state index contributed by atoms with van der Waals surface area (Å²) in [6.45, 7) is 8.38. The van der Waals surface area contributed by atoms with Gasteiger partial charge in [-0.15, -0.1) is 0 Å². The van der Waals surface area contributed by atoms with E-state index in [2.05, 4.69) is 45.0 Å². The molecule has 0 aliphatic rings. The standard InChI is InChI=1S/C24H23O2.CH3.Co.O/c1-16-10-11-21(14-17(16)2)19(4)22-12-13-23(18(3)15-22)26-24(25)20-8-6-5-7-9-20;;;/h6-15,19H,1-4H3;1H3;;. The molecule has 0 saturated heterocycles. The smallest absolute Gasteiger partial charge is 0.0395 e. The van der Waals surface area contributed by atoms with E-state index in [1.807, 2.05) is 19.1 Å².